The van der Waals surface area contributed by atoms with E-state index in [0.29, 0.717) is 32.9 Å². The van der Waals surface area contributed by atoms with E-state index in [1.54, 1.807) is 11.1 Å². The summed E-state index contributed by atoms with van der Waals surface area (Å²) < 4.78 is 12.4. The number of nitrogens with one attached hydrogen (secondary N) is 1. The molecule has 0 spiro atoms. The number of anilines is 1. The third kappa shape index (κ3) is 2.87. The first-order valence-corrected chi connectivity index (χ1v) is 6.58. The van der Waals surface area contributed by atoms with E-state index in [1.165, 1.54) is 0 Å². The minimum Gasteiger partial charge on any atom is -0.379 e. The zero-order chi connectivity index (χ0) is 13.1. The molecule has 2 saturated heterocycles. The van der Waals surface area contributed by atoms with Gasteiger partial charge in [0.2, 0.25) is 0 Å². The predicted octanol–water partition coefficient (Wildman–Crippen LogP) is 0.709. The molecule has 2 aliphatic heterocycles. The molecule has 1 atom stereocenters. The van der Waals surface area contributed by atoms with Crippen LogP contribution in [0.3, 0.4) is 0 Å². The molecule has 2 fully saturated rings. The molecule has 1 aromatic heterocycles. The average Bonchev–Trinajstić information content (AvgIpc) is 3.10. The fourth-order valence-corrected chi connectivity index (χ4v) is 2.30. The van der Waals surface area contributed by atoms with Crippen molar-refractivity contribution in [2.45, 2.75) is 12.5 Å². The van der Waals surface area contributed by atoms with Gasteiger partial charge in [0, 0.05) is 25.9 Å². The van der Waals surface area contributed by atoms with Crippen LogP contribution < -0.4 is 5.32 Å². The van der Waals surface area contributed by atoms with Crippen LogP contribution in [-0.4, -0.2) is 60.2 Å². The standard InChI is InChI=1S/C12H18N4O3/c17-12(15-2-5-18-6-3-15)14-10-7-13-16(8-10)11-1-4-19-9-11/h7-8,11H,1-6,9H2,(H,14,17)/t11-/m0/s1. The highest BCUT2D eigenvalue weighted by molar-refractivity contribution is 5.89. The molecule has 104 valence electrons. The molecular weight excluding hydrogens is 248 g/mol. The largest absolute Gasteiger partial charge is 0.379 e. The van der Waals surface area contributed by atoms with Gasteiger partial charge >= 0.3 is 6.03 Å². The van der Waals surface area contributed by atoms with Gasteiger partial charge in [0.15, 0.2) is 0 Å². The van der Waals surface area contributed by atoms with Gasteiger partial charge in [-0.15, -0.1) is 0 Å². The number of carbonyl (C=O) groups excluding carboxylic acids is 1. The topological polar surface area (TPSA) is 68.6 Å². The third-order valence-electron chi connectivity index (χ3n) is 3.43. The van der Waals surface area contributed by atoms with Crippen LogP contribution in [0.25, 0.3) is 0 Å². The van der Waals surface area contributed by atoms with Gasteiger partial charge in [-0.25, -0.2) is 4.79 Å². The molecule has 7 heteroatoms. The van der Waals surface area contributed by atoms with E-state index < -0.39 is 0 Å². The number of hydrogen-bond donors (Lipinski definition) is 1. The summed E-state index contributed by atoms with van der Waals surface area (Å²) in [6.45, 7) is 3.95. The van der Waals surface area contributed by atoms with Crippen LogP contribution in [-0.2, 0) is 9.47 Å². The van der Waals surface area contributed by atoms with Gasteiger partial charge in [-0.05, 0) is 6.42 Å². The Balaban J connectivity index is 1.58. The number of morpholine rings is 1. The predicted molar refractivity (Wildman–Crippen MR) is 68.1 cm³/mol. The Bertz CT molecular complexity index is 436. The maximum absolute atomic E-state index is 12.0. The average molecular weight is 266 g/mol. The quantitative estimate of drug-likeness (QED) is 0.856. The molecule has 0 unspecified atom stereocenters. The van der Waals surface area contributed by atoms with Crippen molar-refractivity contribution in [2.24, 2.45) is 0 Å². The first-order valence-electron chi connectivity index (χ1n) is 6.58. The zero-order valence-corrected chi connectivity index (χ0v) is 10.7. The van der Waals surface area contributed by atoms with Crippen LogP contribution >= 0.6 is 0 Å². The van der Waals surface area contributed by atoms with Crippen molar-refractivity contribution >= 4 is 11.7 Å². The van der Waals surface area contributed by atoms with Crippen LogP contribution in [0.4, 0.5) is 10.5 Å². The van der Waals surface area contributed by atoms with Gasteiger partial charge in [-0.3, -0.25) is 4.68 Å². The molecule has 3 heterocycles. The van der Waals surface area contributed by atoms with E-state index in [4.69, 9.17) is 9.47 Å². The van der Waals surface area contributed by atoms with Gasteiger partial charge in [-0.1, -0.05) is 0 Å². The molecule has 1 aromatic rings. The van der Waals surface area contributed by atoms with Crippen LogP contribution in [0, 0.1) is 0 Å². The van der Waals surface area contributed by atoms with Gasteiger partial charge in [0.05, 0.1) is 37.7 Å². The molecular formula is C12H18N4O3. The Labute approximate surface area is 111 Å². The Hall–Kier alpha value is -1.60. The number of carbonyl (C=O) groups is 1. The lowest BCUT2D eigenvalue weighted by Gasteiger charge is -2.26. The summed E-state index contributed by atoms with van der Waals surface area (Å²) in [4.78, 5) is 13.7. The van der Waals surface area contributed by atoms with Gasteiger partial charge in [-0.2, -0.15) is 5.10 Å². The number of amides is 2. The molecule has 2 aliphatic rings. The van der Waals surface area contributed by atoms with Crippen molar-refractivity contribution in [1.29, 1.82) is 0 Å². The molecule has 7 nitrogen and oxygen atoms in total. The Morgan fingerprint density at radius 1 is 1.32 bits per heavy atom. The number of rotatable bonds is 2. The molecule has 19 heavy (non-hydrogen) atoms. The second-order valence-corrected chi connectivity index (χ2v) is 4.76. The molecule has 0 aliphatic carbocycles. The summed E-state index contributed by atoms with van der Waals surface area (Å²) in [5, 5.41) is 7.14. The van der Waals surface area contributed by atoms with Gasteiger partial charge in [0.25, 0.3) is 0 Å². The van der Waals surface area contributed by atoms with Crippen molar-refractivity contribution in [1.82, 2.24) is 14.7 Å². The minimum absolute atomic E-state index is 0.0921. The molecule has 3 rings (SSSR count). The van der Waals surface area contributed by atoms with Crippen LogP contribution in [0.5, 0.6) is 0 Å². The molecule has 0 saturated carbocycles. The van der Waals surface area contributed by atoms with Crippen LogP contribution in [0.15, 0.2) is 12.4 Å². The number of ether oxygens (including phenoxy) is 2. The summed E-state index contributed by atoms with van der Waals surface area (Å²) >= 11 is 0. The van der Waals surface area contributed by atoms with Crippen molar-refractivity contribution in [3.8, 4) is 0 Å². The van der Waals surface area contributed by atoms with Crippen molar-refractivity contribution in [3.63, 3.8) is 0 Å². The van der Waals surface area contributed by atoms with E-state index in [9.17, 15) is 4.79 Å². The van der Waals surface area contributed by atoms with Crippen LogP contribution in [0.2, 0.25) is 0 Å². The molecule has 0 aromatic carbocycles. The summed E-state index contributed by atoms with van der Waals surface area (Å²) in [7, 11) is 0. The number of aromatic nitrogens is 2. The lowest BCUT2D eigenvalue weighted by atomic mass is 10.3. The van der Waals surface area contributed by atoms with Crippen LogP contribution in [0.1, 0.15) is 12.5 Å². The fraction of sp³-hybridized carbons (Fsp3) is 0.667. The third-order valence-corrected chi connectivity index (χ3v) is 3.43. The summed E-state index contributed by atoms with van der Waals surface area (Å²) in [5.41, 5.74) is 0.725. The molecule has 1 N–H and O–H groups in total. The summed E-state index contributed by atoms with van der Waals surface area (Å²) in [5.74, 6) is 0. The summed E-state index contributed by atoms with van der Waals surface area (Å²) in [6.07, 6.45) is 4.51. The molecule has 2 amide bonds. The van der Waals surface area contributed by atoms with E-state index in [2.05, 4.69) is 10.4 Å². The Kier molecular flexibility index (Phi) is 3.65. The normalized spacial score (nSPS) is 23.6. The SMILES string of the molecule is O=C(Nc1cnn([C@H]2CCOC2)c1)N1CCOCC1. The van der Waals surface area contributed by atoms with Crippen molar-refractivity contribution in [2.75, 3.05) is 44.8 Å². The van der Waals surface area contributed by atoms with Gasteiger partial charge in [0.1, 0.15) is 0 Å². The first kappa shape index (κ1) is 12.4. The van der Waals surface area contributed by atoms with E-state index >= 15 is 0 Å². The monoisotopic (exact) mass is 266 g/mol. The maximum Gasteiger partial charge on any atom is 0.322 e. The van der Waals surface area contributed by atoms with E-state index in [1.807, 2.05) is 10.9 Å². The minimum atomic E-state index is -0.0921. The lowest BCUT2D eigenvalue weighted by Crippen LogP contribution is -2.43. The fourth-order valence-electron chi connectivity index (χ4n) is 2.30. The maximum atomic E-state index is 12.0. The number of urea groups is 1. The summed E-state index contributed by atoms with van der Waals surface area (Å²) in [6, 6.07) is 0.194. The molecule has 0 bridgehead atoms. The number of nitrogens with zero attached hydrogens (tertiary/aromatic N) is 3. The van der Waals surface area contributed by atoms with E-state index in [-0.39, 0.29) is 12.1 Å². The second-order valence-electron chi connectivity index (χ2n) is 4.76. The highest BCUT2D eigenvalue weighted by Crippen LogP contribution is 2.19. The van der Waals surface area contributed by atoms with Gasteiger partial charge < -0.3 is 19.7 Å². The zero-order valence-electron chi connectivity index (χ0n) is 10.7. The molecule has 0 radical (unpaired) electrons. The smallest absolute Gasteiger partial charge is 0.322 e. The van der Waals surface area contributed by atoms with E-state index in [0.717, 1.165) is 18.7 Å². The Morgan fingerprint density at radius 2 is 2.16 bits per heavy atom. The van der Waals surface area contributed by atoms with Crippen molar-refractivity contribution < 1.29 is 14.3 Å². The highest BCUT2D eigenvalue weighted by Gasteiger charge is 2.20. The first-order chi connectivity index (χ1) is 9.33. The van der Waals surface area contributed by atoms with Crippen molar-refractivity contribution in [3.05, 3.63) is 12.4 Å². The Morgan fingerprint density at radius 3 is 2.89 bits per heavy atom. The number of hydrogen-bond acceptors (Lipinski definition) is 4. The second kappa shape index (κ2) is 5.58. The highest BCUT2D eigenvalue weighted by atomic mass is 16.5. The lowest BCUT2D eigenvalue weighted by molar-refractivity contribution is 0.0564.